The normalized spacial score (nSPS) is 15.0. The van der Waals surface area contributed by atoms with E-state index in [-0.39, 0.29) is 31.4 Å². The minimum atomic E-state index is -0.988. The maximum Gasteiger partial charge on any atom is 0.407 e. The standard InChI is InChI=1S/C25H30N2O6/c1-15(12-13-22(28)29)26-24(30)23(16(2)32-3)27-25(31)33-14-21-19-10-6-4-8-17(19)18-9-5-7-11-20(18)21/h4-11,15-16,21,23H,12-14H2,1-3H3,(H,26,30)(H,27,31)(H,28,29). The maximum atomic E-state index is 12.7. The van der Waals surface area contributed by atoms with Crippen molar-refractivity contribution in [2.75, 3.05) is 13.7 Å². The number of rotatable bonds is 10. The number of fused-ring (bicyclic) bond motifs is 3. The number of nitrogens with one attached hydrogen (secondary N) is 2. The molecule has 3 atom stereocenters. The number of carboxylic acids is 1. The topological polar surface area (TPSA) is 114 Å². The van der Waals surface area contributed by atoms with Gasteiger partial charge in [-0.25, -0.2) is 4.79 Å². The number of carbonyl (C=O) groups excluding carboxylic acids is 2. The molecule has 8 heteroatoms. The van der Waals surface area contributed by atoms with E-state index in [4.69, 9.17) is 14.6 Å². The van der Waals surface area contributed by atoms with Crippen LogP contribution in [-0.2, 0) is 19.1 Å². The summed E-state index contributed by atoms with van der Waals surface area (Å²) in [7, 11) is 1.44. The number of amides is 2. The van der Waals surface area contributed by atoms with Crippen LogP contribution < -0.4 is 10.6 Å². The van der Waals surface area contributed by atoms with Gasteiger partial charge in [0.15, 0.2) is 0 Å². The Morgan fingerprint density at radius 2 is 1.55 bits per heavy atom. The number of methoxy groups -OCH3 is 1. The van der Waals surface area contributed by atoms with E-state index in [1.807, 2.05) is 36.4 Å². The van der Waals surface area contributed by atoms with Crippen LogP contribution in [0.25, 0.3) is 11.1 Å². The average Bonchev–Trinajstić information content (AvgIpc) is 3.13. The summed E-state index contributed by atoms with van der Waals surface area (Å²) in [6, 6.07) is 14.7. The second-order valence-corrected chi connectivity index (χ2v) is 8.23. The minimum Gasteiger partial charge on any atom is -0.481 e. The van der Waals surface area contributed by atoms with E-state index >= 15 is 0 Å². The third-order valence-electron chi connectivity index (χ3n) is 5.92. The molecule has 2 amide bonds. The van der Waals surface area contributed by atoms with E-state index in [1.54, 1.807) is 13.8 Å². The number of aliphatic carboxylic acids is 1. The Labute approximate surface area is 193 Å². The van der Waals surface area contributed by atoms with E-state index in [1.165, 1.54) is 7.11 Å². The molecule has 8 nitrogen and oxygen atoms in total. The number of ether oxygens (including phenoxy) is 2. The van der Waals surface area contributed by atoms with Gasteiger partial charge in [-0.1, -0.05) is 48.5 Å². The fourth-order valence-corrected chi connectivity index (χ4v) is 4.04. The molecule has 3 unspecified atom stereocenters. The molecule has 0 aromatic heterocycles. The van der Waals surface area contributed by atoms with E-state index in [0.717, 1.165) is 22.3 Å². The lowest BCUT2D eigenvalue weighted by Gasteiger charge is -2.25. The fourth-order valence-electron chi connectivity index (χ4n) is 4.04. The van der Waals surface area contributed by atoms with Crippen LogP contribution in [-0.4, -0.2) is 55.0 Å². The molecule has 176 valence electrons. The van der Waals surface area contributed by atoms with Crippen LogP contribution in [0.4, 0.5) is 4.79 Å². The Morgan fingerprint density at radius 3 is 2.09 bits per heavy atom. The molecule has 3 rings (SSSR count). The first kappa shape index (κ1) is 24.3. The van der Waals surface area contributed by atoms with Crippen LogP contribution >= 0.6 is 0 Å². The zero-order valence-electron chi connectivity index (χ0n) is 19.0. The molecule has 0 saturated heterocycles. The Bertz CT molecular complexity index is 962. The van der Waals surface area contributed by atoms with Crippen molar-refractivity contribution in [3.8, 4) is 11.1 Å². The van der Waals surface area contributed by atoms with Gasteiger partial charge in [-0.3, -0.25) is 9.59 Å². The van der Waals surface area contributed by atoms with Crippen molar-refractivity contribution >= 4 is 18.0 Å². The Balaban J connectivity index is 1.63. The largest absolute Gasteiger partial charge is 0.481 e. The number of benzene rings is 2. The molecular formula is C25H30N2O6. The summed E-state index contributed by atoms with van der Waals surface area (Å²) in [6.45, 7) is 3.50. The number of carbonyl (C=O) groups is 3. The van der Waals surface area contributed by atoms with Crippen LogP contribution in [0, 0.1) is 0 Å². The summed E-state index contributed by atoms with van der Waals surface area (Å²) in [5.74, 6) is -1.49. The molecule has 0 spiro atoms. The molecule has 33 heavy (non-hydrogen) atoms. The van der Waals surface area contributed by atoms with E-state index in [9.17, 15) is 14.4 Å². The van der Waals surface area contributed by atoms with Crippen LogP contribution in [0.3, 0.4) is 0 Å². The van der Waals surface area contributed by atoms with E-state index in [2.05, 4.69) is 22.8 Å². The predicted octanol–water partition coefficient (Wildman–Crippen LogP) is 3.30. The SMILES string of the molecule is COC(C)C(NC(=O)OCC1c2ccccc2-c2ccccc21)C(=O)NC(C)CCC(=O)O. The Hall–Kier alpha value is -3.39. The zero-order chi connectivity index (χ0) is 24.0. The lowest BCUT2D eigenvalue weighted by Crippen LogP contribution is -2.54. The van der Waals surface area contributed by atoms with Gasteiger partial charge in [0.25, 0.3) is 0 Å². The van der Waals surface area contributed by atoms with Gasteiger partial charge in [0.2, 0.25) is 5.91 Å². The zero-order valence-corrected chi connectivity index (χ0v) is 19.0. The third-order valence-corrected chi connectivity index (χ3v) is 5.92. The molecular weight excluding hydrogens is 424 g/mol. The Kier molecular flexibility index (Phi) is 8.06. The number of alkyl carbamates (subject to hydrolysis) is 1. The van der Waals surface area contributed by atoms with Gasteiger partial charge in [0, 0.05) is 25.5 Å². The van der Waals surface area contributed by atoms with Crippen molar-refractivity contribution in [2.24, 2.45) is 0 Å². The number of hydrogen-bond acceptors (Lipinski definition) is 5. The van der Waals surface area contributed by atoms with Gasteiger partial charge < -0.3 is 25.2 Å². The summed E-state index contributed by atoms with van der Waals surface area (Å²) in [4.78, 5) is 36.1. The molecule has 1 aliphatic rings. The third kappa shape index (κ3) is 5.90. The summed E-state index contributed by atoms with van der Waals surface area (Å²) in [5, 5.41) is 14.1. The van der Waals surface area contributed by atoms with Crippen molar-refractivity contribution in [1.82, 2.24) is 10.6 Å². The molecule has 0 bridgehead atoms. The van der Waals surface area contributed by atoms with Crippen LogP contribution in [0.2, 0.25) is 0 Å². The van der Waals surface area contributed by atoms with Crippen molar-refractivity contribution in [3.63, 3.8) is 0 Å². The van der Waals surface area contributed by atoms with Crippen molar-refractivity contribution in [3.05, 3.63) is 59.7 Å². The summed E-state index contributed by atoms with van der Waals surface area (Å²) < 4.78 is 10.8. The first-order valence-electron chi connectivity index (χ1n) is 11.0. The maximum absolute atomic E-state index is 12.7. The molecule has 0 aliphatic heterocycles. The first-order valence-corrected chi connectivity index (χ1v) is 11.0. The smallest absolute Gasteiger partial charge is 0.407 e. The van der Waals surface area contributed by atoms with Crippen molar-refractivity contribution in [2.45, 2.75) is 50.8 Å². The van der Waals surface area contributed by atoms with Gasteiger partial charge in [-0.05, 0) is 42.5 Å². The molecule has 0 radical (unpaired) electrons. The molecule has 2 aromatic carbocycles. The van der Waals surface area contributed by atoms with Gasteiger partial charge in [-0.15, -0.1) is 0 Å². The van der Waals surface area contributed by atoms with Gasteiger partial charge in [0.05, 0.1) is 6.10 Å². The second-order valence-electron chi connectivity index (χ2n) is 8.23. The lowest BCUT2D eigenvalue weighted by molar-refractivity contribution is -0.137. The highest BCUT2D eigenvalue weighted by Crippen LogP contribution is 2.44. The van der Waals surface area contributed by atoms with Gasteiger partial charge >= 0.3 is 12.1 Å². The summed E-state index contributed by atoms with van der Waals surface area (Å²) in [6.07, 6.45) is -1.12. The summed E-state index contributed by atoms with van der Waals surface area (Å²) >= 11 is 0. The number of carboxylic acid groups (broad SMARTS) is 1. The van der Waals surface area contributed by atoms with Crippen LogP contribution in [0.5, 0.6) is 0 Å². The molecule has 0 saturated carbocycles. The van der Waals surface area contributed by atoms with Crippen LogP contribution in [0.1, 0.15) is 43.7 Å². The summed E-state index contributed by atoms with van der Waals surface area (Å²) in [5.41, 5.74) is 4.45. The average molecular weight is 455 g/mol. The number of hydrogen-bond donors (Lipinski definition) is 3. The van der Waals surface area contributed by atoms with Crippen LogP contribution in [0.15, 0.2) is 48.5 Å². The highest BCUT2D eigenvalue weighted by atomic mass is 16.5. The molecule has 0 heterocycles. The highest BCUT2D eigenvalue weighted by Gasteiger charge is 2.31. The minimum absolute atomic E-state index is 0.0637. The quantitative estimate of drug-likeness (QED) is 0.508. The fraction of sp³-hybridized carbons (Fsp3) is 0.400. The first-order chi connectivity index (χ1) is 15.8. The van der Waals surface area contributed by atoms with Crippen molar-refractivity contribution < 1.29 is 29.0 Å². The van der Waals surface area contributed by atoms with Gasteiger partial charge in [0.1, 0.15) is 12.6 Å². The second kappa shape index (κ2) is 11.0. The van der Waals surface area contributed by atoms with E-state index < -0.39 is 30.1 Å². The van der Waals surface area contributed by atoms with Gasteiger partial charge in [-0.2, -0.15) is 0 Å². The molecule has 0 fully saturated rings. The molecule has 1 aliphatic carbocycles. The molecule has 2 aromatic rings. The van der Waals surface area contributed by atoms with Crippen molar-refractivity contribution in [1.29, 1.82) is 0 Å². The predicted molar refractivity (Wildman–Crippen MR) is 123 cm³/mol. The van der Waals surface area contributed by atoms with E-state index in [0.29, 0.717) is 0 Å². The monoisotopic (exact) mass is 454 g/mol. The Morgan fingerprint density at radius 1 is 0.970 bits per heavy atom. The molecule has 3 N–H and O–H groups in total. The highest BCUT2D eigenvalue weighted by molar-refractivity contribution is 5.86. The lowest BCUT2D eigenvalue weighted by atomic mass is 9.98.